The summed E-state index contributed by atoms with van der Waals surface area (Å²) in [5.41, 5.74) is 6.65. The number of aliphatic hydroxyl groups excluding tert-OH is 1. The number of rotatable bonds is 3. The Kier molecular flexibility index (Phi) is 3.77. The van der Waals surface area contributed by atoms with Crippen LogP contribution in [0.25, 0.3) is 0 Å². The Morgan fingerprint density at radius 2 is 1.81 bits per heavy atom. The normalized spacial score (nSPS) is 12.6. The molecule has 0 fully saturated rings. The van der Waals surface area contributed by atoms with E-state index in [1.54, 1.807) is 24.3 Å². The summed E-state index contributed by atoms with van der Waals surface area (Å²) in [5, 5.41) is 16.7. The lowest BCUT2D eigenvalue weighted by Crippen LogP contribution is -1.96. The van der Waals surface area contributed by atoms with E-state index in [0.29, 0.717) is 11.4 Å². The maximum atomic E-state index is 11.1. The molecule has 16 heavy (non-hydrogen) atoms. The first-order valence-electron chi connectivity index (χ1n) is 4.68. The van der Waals surface area contributed by atoms with E-state index in [2.05, 4.69) is 10.2 Å². The first-order chi connectivity index (χ1) is 7.50. The minimum Gasteiger partial charge on any atom is -0.510 e. The van der Waals surface area contributed by atoms with E-state index >= 15 is 0 Å². The molecule has 5 nitrogen and oxygen atoms in total. The van der Waals surface area contributed by atoms with E-state index in [-0.39, 0.29) is 17.2 Å². The number of benzene rings is 1. The molecule has 0 aliphatic carbocycles. The number of azo groups is 1. The van der Waals surface area contributed by atoms with Crippen molar-refractivity contribution in [3.8, 4) is 0 Å². The molecule has 1 aromatic rings. The zero-order valence-corrected chi connectivity index (χ0v) is 9.14. The highest BCUT2D eigenvalue weighted by molar-refractivity contribution is 5.93. The van der Waals surface area contributed by atoms with Crippen LogP contribution in [-0.2, 0) is 4.79 Å². The van der Waals surface area contributed by atoms with Gasteiger partial charge in [-0.3, -0.25) is 4.79 Å². The first kappa shape index (κ1) is 11.9. The molecular formula is C11H13N3O2. The zero-order valence-electron chi connectivity index (χ0n) is 9.14. The highest BCUT2D eigenvalue weighted by Gasteiger charge is 2.06. The SMILES string of the molecule is CC(=O)C(N=Nc1ccc(N)cc1)=C(C)O. The lowest BCUT2D eigenvalue weighted by molar-refractivity contribution is -0.113. The summed E-state index contributed by atoms with van der Waals surface area (Å²) in [6.45, 7) is 2.70. The van der Waals surface area contributed by atoms with Crippen LogP contribution in [0, 0.1) is 0 Å². The van der Waals surface area contributed by atoms with Crippen molar-refractivity contribution in [2.75, 3.05) is 5.73 Å². The quantitative estimate of drug-likeness (QED) is 0.354. The van der Waals surface area contributed by atoms with Crippen LogP contribution in [0.5, 0.6) is 0 Å². The predicted molar refractivity (Wildman–Crippen MR) is 61.4 cm³/mol. The summed E-state index contributed by atoms with van der Waals surface area (Å²) in [5.74, 6) is -0.481. The third kappa shape index (κ3) is 3.20. The molecule has 0 radical (unpaired) electrons. The number of nitrogen functional groups attached to an aromatic ring is 1. The van der Waals surface area contributed by atoms with Crippen molar-refractivity contribution in [3.63, 3.8) is 0 Å². The smallest absolute Gasteiger partial charge is 0.183 e. The second kappa shape index (κ2) is 5.06. The molecule has 0 amide bonds. The van der Waals surface area contributed by atoms with Gasteiger partial charge in [0.25, 0.3) is 0 Å². The molecule has 0 saturated heterocycles. The van der Waals surface area contributed by atoms with Crippen LogP contribution in [0.4, 0.5) is 11.4 Å². The number of hydrogen-bond donors (Lipinski definition) is 2. The highest BCUT2D eigenvalue weighted by Crippen LogP contribution is 2.16. The number of nitrogens with two attached hydrogens (primary N) is 1. The summed E-state index contributed by atoms with van der Waals surface area (Å²) in [4.78, 5) is 11.1. The van der Waals surface area contributed by atoms with Crippen LogP contribution >= 0.6 is 0 Å². The van der Waals surface area contributed by atoms with Crippen LogP contribution in [-0.4, -0.2) is 10.9 Å². The maximum Gasteiger partial charge on any atom is 0.183 e. The van der Waals surface area contributed by atoms with Crippen molar-refractivity contribution >= 4 is 17.2 Å². The maximum absolute atomic E-state index is 11.1. The Hall–Kier alpha value is -2.17. The van der Waals surface area contributed by atoms with Crippen molar-refractivity contribution in [3.05, 3.63) is 35.7 Å². The van der Waals surface area contributed by atoms with Gasteiger partial charge in [0.05, 0.1) is 5.69 Å². The average Bonchev–Trinajstić information content (AvgIpc) is 2.20. The average molecular weight is 219 g/mol. The number of allylic oxidation sites excluding steroid dienone is 2. The van der Waals surface area contributed by atoms with Gasteiger partial charge in [0, 0.05) is 12.6 Å². The lowest BCUT2D eigenvalue weighted by atomic mass is 10.3. The minimum atomic E-state index is -0.334. The van der Waals surface area contributed by atoms with Gasteiger partial charge in [0.1, 0.15) is 5.76 Å². The molecule has 0 aromatic heterocycles. The zero-order chi connectivity index (χ0) is 12.1. The molecule has 0 heterocycles. The fourth-order valence-electron chi connectivity index (χ4n) is 1.05. The number of ketones is 1. The molecule has 0 aliphatic heterocycles. The van der Waals surface area contributed by atoms with Gasteiger partial charge in [0.2, 0.25) is 0 Å². The van der Waals surface area contributed by atoms with Gasteiger partial charge < -0.3 is 10.8 Å². The monoisotopic (exact) mass is 219 g/mol. The number of Topliss-reactive ketones (excluding diaryl/α,β-unsaturated/α-hetero) is 1. The number of carbonyl (C=O) groups excluding carboxylic acids is 1. The summed E-state index contributed by atoms with van der Waals surface area (Å²) in [7, 11) is 0. The molecular weight excluding hydrogens is 206 g/mol. The van der Waals surface area contributed by atoms with Gasteiger partial charge in [-0.05, 0) is 31.2 Å². The fourth-order valence-corrected chi connectivity index (χ4v) is 1.05. The third-order valence-corrected chi connectivity index (χ3v) is 1.83. The highest BCUT2D eigenvalue weighted by atomic mass is 16.3. The lowest BCUT2D eigenvalue weighted by Gasteiger charge is -1.97. The van der Waals surface area contributed by atoms with Crippen molar-refractivity contribution in [2.45, 2.75) is 13.8 Å². The number of anilines is 1. The molecule has 3 N–H and O–H groups in total. The number of aliphatic hydroxyl groups is 1. The number of nitrogens with zero attached hydrogens (tertiary/aromatic N) is 2. The molecule has 0 unspecified atom stereocenters. The largest absolute Gasteiger partial charge is 0.510 e. The van der Waals surface area contributed by atoms with Gasteiger partial charge in [-0.15, -0.1) is 5.11 Å². The first-order valence-corrected chi connectivity index (χ1v) is 4.68. The minimum absolute atomic E-state index is 0.0446. The molecule has 0 bridgehead atoms. The van der Waals surface area contributed by atoms with E-state index < -0.39 is 0 Å². The summed E-state index contributed by atoms with van der Waals surface area (Å²) in [6.07, 6.45) is 0. The van der Waals surface area contributed by atoms with E-state index in [9.17, 15) is 9.90 Å². The van der Waals surface area contributed by atoms with Crippen LogP contribution < -0.4 is 5.73 Å². The Labute approximate surface area is 93.3 Å². The van der Waals surface area contributed by atoms with Crippen LogP contribution in [0.2, 0.25) is 0 Å². The van der Waals surface area contributed by atoms with Crippen LogP contribution in [0.3, 0.4) is 0 Å². The van der Waals surface area contributed by atoms with Crippen LogP contribution in [0.15, 0.2) is 46.0 Å². The summed E-state index contributed by atoms with van der Waals surface area (Å²) < 4.78 is 0. The van der Waals surface area contributed by atoms with Gasteiger partial charge in [-0.25, -0.2) is 0 Å². The molecule has 0 spiro atoms. The molecule has 0 atom stereocenters. The third-order valence-electron chi connectivity index (χ3n) is 1.83. The molecule has 1 aromatic carbocycles. The molecule has 84 valence electrons. The Balaban J connectivity index is 2.92. The number of hydrogen-bond acceptors (Lipinski definition) is 5. The second-order valence-corrected chi connectivity index (χ2v) is 3.28. The molecule has 0 saturated carbocycles. The van der Waals surface area contributed by atoms with E-state index in [1.165, 1.54) is 13.8 Å². The van der Waals surface area contributed by atoms with E-state index in [0.717, 1.165) is 0 Å². The topological polar surface area (TPSA) is 88.0 Å². The van der Waals surface area contributed by atoms with E-state index in [4.69, 9.17) is 5.73 Å². The Bertz CT molecular complexity index is 443. The Morgan fingerprint density at radius 3 is 2.25 bits per heavy atom. The Morgan fingerprint density at radius 1 is 1.25 bits per heavy atom. The van der Waals surface area contributed by atoms with Crippen LogP contribution in [0.1, 0.15) is 13.8 Å². The van der Waals surface area contributed by atoms with Crippen molar-refractivity contribution in [1.82, 2.24) is 0 Å². The summed E-state index contributed by atoms with van der Waals surface area (Å²) in [6, 6.07) is 6.70. The summed E-state index contributed by atoms with van der Waals surface area (Å²) >= 11 is 0. The van der Waals surface area contributed by atoms with Crippen molar-refractivity contribution in [2.24, 2.45) is 10.2 Å². The predicted octanol–water partition coefficient (Wildman–Crippen LogP) is 2.73. The van der Waals surface area contributed by atoms with Crippen molar-refractivity contribution in [1.29, 1.82) is 0 Å². The number of carbonyl (C=O) groups is 1. The fraction of sp³-hybridized carbons (Fsp3) is 0.182. The van der Waals surface area contributed by atoms with Gasteiger partial charge in [-0.1, -0.05) is 0 Å². The molecule has 1 rings (SSSR count). The van der Waals surface area contributed by atoms with Gasteiger partial charge in [-0.2, -0.15) is 5.11 Å². The van der Waals surface area contributed by atoms with Gasteiger partial charge in [0.15, 0.2) is 11.5 Å². The van der Waals surface area contributed by atoms with E-state index in [1.807, 2.05) is 0 Å². The van der Waals surface area contributed by atoms with Gasteiger partial charge >= 0.3 is 0 Å². The standard InChI is InChI=1S/C11H13N3O2/c1-7(15)11(8(2)16)14-13-10-5-3-9(12)4-6-10/h3-6,15H,12H2,1-2H3. The molecule has 0 aliphatic rings. The van der Waals surface area contributed by atoms with Crippen molar-refractivity contribution < 1.29 is 9.90 Å². The second-order valence-electron chi connectivity index (χ2n) is 3.28. The molecule has 5 heteroatoms.